The number of hydrogen-bond donors (Lipinski definition) is 0. The van der Waals surface area contributed by atoms with Gasteiger partial charge in [0.15, 0.2) is 0 Å². The first kappa shape index (κ1) is 19.6. The van der Waals surface area contributed by atoms with Crippen LogP contribution in [0.2, 0.25) is 0 Å². The average molecular weight is 396 g/mol. The van der Waals surface area contributed by atoms with Gasteiger partial charge < -0.3 is 19.1 Å². The second kappa shape index (κ2) is 9.18. The molecule has 2 aliphatic heterocycles. The van der Waals surface area contributed by atoms with Gasteiger partial charge in [0, 0.05) is 25.3 Å². The van der Waals surface area contributed by atoms with Crippen molar-refractivity contribution in [2.75, 3.05) is 38.2 Å². The van der Waals surface area contributed by atoms with E-state index >= 15 is 0 Å². The minimum Gasteiger partial charge on any atom is -0.497 e. The van der Waals surface area contributed by atoms with E-state index in [1.165, 1.54) is 0 Å². The summed E-state index contributed by atoms with van der Waals surface area (Å²) in [5, 5.41) is 0. The highest BCUT2D eigenvalue weighted by Gasteiger charge is 2.32. The van der Waals surface area contributed by atoms with E-state index in [-0.39, 0.29) is 18.3 Å². The maximum Gasteiger partial charge on any atom is 0.414 e. The second-order valence-electron chi connectivity index (χ2n) is 7.57. The lowest BCUT2D eigenvalue weighted by Crippen LogP contribution is -2.39. The number of carbonyl (C=O) groups excluding carboxylic acids is 1. The number of piperidine rings is 1. The van der Waals surface area contributed by atoms with Crippen LogP contribution in [0.4, 0.5) is 10.5 Å². The van der Waals surface area contributed by atoms with Crippen LogP contribution in [0.25, 0.3) is 0 Å². The zero-order valence-electron chi connectivity index (χ0n) is 16.8. The Hall–Kier alpha value is -2.73. The van der Waals surface area contributed by atoms with Gasteiger partial charge in [-0.25, -0.2) is 4.79 Å². The highest BCUT2D eigenvalue weighted by Crippen LogP contribution is 2.26. The van der Waals surface area contributed by atoms with Crippen LogP contribution in [0.5, 0.6) is 11.5 Å². The maximum atomic E-state index is 12.2. The Labute approximate surface area is 172 Å². The van der Waals surface area contributed by atoms with Crippen molar-refractivity contribution in [1.82, 2.24) is 4.90 Å². The second-order valence-corrected chi connectivity index (χ2v) is 7.57. The van der Waals surface area contributed by atoms with Crippen LogP contribution >= 0.6 is 0 Å². The summed E-state index contributed by atoms with van der Waals surface area (Å²) in [4.78, 5) is 16.4. The molecule has 0 saturated carbocycles. The van der Waals surface area contributed by atoms with E-state index in [2.05, 4.69) is 4.90 Å². The Bertz CT molecular complexity index is 788. The van der Waals surface area contributed by atoms with Crippen molar-refractivity contribution in [2.45, 2.75) is 31.5 Å². The first-order chi connectivity index (χ1) is 14.2. The van der Waals surface area contributed by atoms with E-state index in [0.717, 1.165) is 56.1 Å². The Morgan fingerprint density at radius 3 is 2.41 bits per heavy atom. The molecule has 0 N–H and O–H groups in total. The summed E-state index contributed by atoms with van der Waals surface area (Å²) in [5.74, 6) is 1.72. The van der Waals surface area contributed by atoms with Gasteiger partial charge in [0.25, 0.3) is 0 Å². The molecule has 29 heavy (non-hydrogen) atoms. The van der Waals surface area contributed by atoms with E-state index < -0.39 is 0 Å². The first-order valence-corrected chi connectivity index (χ1v) is 10.3. The van der Waals surface area contributed by atoms with Crippen LogP contribution in [0.1, 0.15) is 19.3 Å². The molecule has 0 aromatic heterocycles. The number of anilines is 1. The summed E-state index contributed by atoms with van der Waals surface area (Å²) in [7, 11) is 1.63. The molecule has 1 atom stereocenters. The van der Waals surface area contributed by atoms with Crippen molar-refractivity contribution in [3.63, 3.8) is 0 Å². The first-order valence-electron chi connectivity index (χ1n) is 10.3. The predicted molar refractivity (Wildman–Crippen MR) is 112 cm³/mol. The minimum atomic E-state index is -0.268. The fourth-order valence-electron chi connectivity index (χ4n) is 3.91. The number of likely N-dealkylation sites (tertiary alicyclic amines) is 1. The normalized spacial score (nSPS) is 20.5. The number of hydrogen-bond acceptors (Lipinski definition) is 5. The molecular formula is C23H28N2O4. The molecule has 2 aliphatic rings. The Morgan fingerprint density at radius 2 is 1.72 bits per heavy atom. The zero-order chi connectivity index (χ0) is 20.1. The molecule has 0 bridgehead atoms. The van der Waals surface area contributed by atoms with Crippen LogP contribution < -0.4 is 14.4 Å². The summed E-state index contributed by atoms with van der Waals surface area (Å²) in [5.41, 5.74) is 0.845. The quantitative estimate of drug-likeness (QED) is 0.709. The summed E-state index contributed by atoms with van der Waals surface area (Å²) in [6.45, 7) is 3.56. The molecule has 2 aromatic rings. The summed E-state index contributed by atoms with van der Waals surface area (Å²) in [6, 6.07) is 17.5. The van der Waals surface area contributed by atoms with Gasteiger partial charge in [0.05, 0.1) is 13.7 Å². The van der Waals surface area contributed by atoms with Crippen molar-refractivity contribution in [2.24, 2.45) is 0 Å². The summed E-state index contributed by atoms with van der Waals surface area (Å²) >= 11 is 0. The zero-order valence-corrected chi connectivity index (χ0v) is 16.8. The number of amides is 1. The lowest BCUT2D eigenvalue weighted by molar-refractivity contribution is 0.0860. The van der Waals surface area contributed by atoms with E-state index in [9.17, 15) is 4.79 Å². The van der Waals surface area contributed by atoms with E-state index in [0.29, 0.717) is 6.54 Å². The molecule has 154 valence electrons. The van der Waals surface area contributed by atoms with Crippen molar-refractivity contribution >= 4 is 11.8 Å². The highest BCUT2D eigenvalue weighted by molar-refractivity contribution is 5.89. The van der Waals surface area contributed by atoms with Gasteiger partial charge in [0.2, 0.25) is 0 Å². The van der Waals surface area contributed by atoms with Crippen molar-refractivity contribution in [3.8, 4) is 11.5 Å². The van der Waals surface area contributed by atoms with Gasteiger partial charge in [0.1, 0.15) is 23.7 Å². The third kappa shape index (κ3) is 5.01. The molecule has 6 heteroatoms. The summed E-state index contributed by atoms with van der Waals surface area (Å²) < 4.78 is 16.8. The van der Waals surface area contributed by atoms with E-state index in [4.69, 9.17) is 14.2 Å². The SMILES string of the molecule is COc1ccc(N2CC(CCN3CCC(Oc4ccccc4)CC3)OC2=O)cc1. The molecule has 2 saturated heterocycles. The van der Waals surface area contributed by atoms with Gasteiger partial charge in [-0.1, -0.05) is 18.2 Å². The Morgan fingerprint density at radius 1 is 1.00 bits per heavy atom. The van der Waals surface area contributed by atoms with Gasteiger partial charge >= 0.3 is 6.09 Å². The fourth-order valence-corrected chi connectivity index (χ4v) is 3.91. The third-order valence-corrected chi connectivity index (χ3v) is 5.61. The van der Waals surface area contributed by atoms with Gasteiger partial charge in [-0.3, -0.25) is 4.90 Å². The lowest BCUT2D eigenvalue weighted by atomic mass is 10.1. The number of methoxy groups -OCH3 is 1. The predicted octanol–water partition coefficient (Wildman–Crippen LogP) is 3.95. The monoisotopic (exact) mass is 396 g/mol. The maximum absolute atomic E-state index is 12.2. The largest absolute Gasteiger partial charge is 0.497 e. The van der Waals surface area contributed by atoms with Crippen molar-refractivity contribution in [1.29, 1.82) is 0 Å². The van der Waals surface area contributed by atoms with E-state index in [1.807, 2.05) is 54.6 Å². The number of rotatable bonds is 7. The fraction of sp³-hybridized carbons (Fsp3) is 0.435. The minimum absolute atomic E-state index is 0.0668. The van der Waals surface area contributed by atoms with Crippen LogP contribution in [-0.4, -0.2) is 56.5 Å². The van der Waals surface area contributed by atoms with Crippen LogP contribution in [-0.2, 0) is 4.74 Å². The lowest BCUT2D eigenvalue weighted by Gasteiger charge is -2.32. The van der Waals surface area contributed by atoms with Crippen LogP contribution in [0, 0.1) is 0 Å². The topological polar surface area (TPSA) is 51.2 Å². The average Bonchev–Trinajstić information content (AvgIpc) is 3.14. The molecule has 0 aliphatic carbocycles. The number of para-hydroxylation sites is 1. The molecule has 2 heterocycles. The number of carbonyl (C=O) groups is 1. The molecule has 0 spiro atoms. The Kier molecular flexibility index (Phi) is 6.20. The molecular weight excluding hydrogens is 368 g/mol. The smallest absolute Gasteiger partial charge is 0.414 e. The molecule has 0 radical (unpaired) electrons. The highest BCUT2D eigenvalue weighted by atomic mass is 16.6. The van der Waals surface area contributed by atoms with Crippen molar-refractivity contribution in [3.05, 3.63) is 54.6 Å². The molecule has 2 aromatic carbocycles. The van der Waals surface area contributed by atoms with Crippen molar-refractivity contribution < 1.29 is 19.0 Å². The third-order valence-electron chi connectivity index (χ3n) is 5.61. The summed E-state index contributed by atoms with van der Waals surface area (Å²) in [6.07, 6.45) is 2.85. The molecule has 1 amide bonds. The molecule has 1 unspecified atom stereocenters. The molecule has 4 rings (SSSR count). The standard InChI is InChI=1S/C23H28N2O4/c1-27-19-9-7-18(8-10-19)25-17-22(29-23(25)26)13-16-24-14-11-21(12-15-24)28-20-5-3-2-4-6-20/h2-10,21-22H,11-17H2,1H3. The van der Waals surface area contributed by atoms with Gasteiger partial charge in [-0.05, 0) is 55.7 Å². The molecule has 2 fully saturated rings. The number of ether oxygens (including phenoxy) is 3. The van der Waals surface area contributed by atoms with Gasteiger partial charge in [-0.15, -0.1) is 0 Å². The molecule has 6 nitrogen and oxygen atoms in total. The number of benzene rings is 2. The number of nitrogens with zero attached hydrogens (tertiary/aromatic N) is 2. The Balaban J connectivity index is 1.20. The van der Waals surface area contributed by atoms with E-state index in [1.54, 1.807) is 12.0 Å². The number of cyclic esters (lactones) is 1. The van der Waals surface area contributed by atoms with Crippen LogP contribution in [0.15, 0.2) is 54.6 Å². The van der Waals surface area contributed by atoms with Gasteiger partial charge in [-0.2, -0.15) is 0 Å². The van der Waals surface area contributed by atoms with Crippen LogP contribution in [0.3, 0.4) is 0 Å².